The highest BCUT2D eigenvalue weighted by molar-refractivity contribution is 6.30. The number of esters is 1. The van der Waals surface area contributed by atoms with Crippen molar-refractivity contribution in [3.8, 4) is 5.75 Å². The maximum absolute atomic E-state index is 11.2. The molecule has 0 atom stereocenters. The van der Waals surface area contributed by atoms with Crippen LogP contribution < -0.4 is 9.64 Å². The summed E-state index contributed by atoms with van der Waals surface area (Å²) in [4.78, 5) is 22.2. The number of ether oxygens (including phenoxy) is 1. The number of hydrogen-bond acceptors (Lipinski definition) is 5. The molecule has 0 saturated heterocycles. The molecule has 1 aromatic heterocycles. The Hall–Kier alpha value is -2.14. The number of nitrogens with zero attached hydrogens (tertiary/aromatic N) is 3. The molecular weight excluding hydrogens is 314 g/mol. The van der Waals surface area contributed by atoms with Gasteiger partial charge in [0.15, 0.2) is 5.75 Å². The number of aromatic nitrogens is 2. The van der Waals surface area contributed by atoms with Crippen LogP contribution in [0.2, 0.25) is 5.02 Å². The molecule has 0 bridgehead atoms. The van der Waals surface area contributed by atoms with Crippen molar-refractivity contribution < 1.29 is 9.53 Å². The molecule has 23 heavy (non-hydrogen) atoms. The predicted octanol–water partition coefficient (Wildman–Crippen LogP) is 4.22. The van der Waals surface area contributed by atoms with Crippen LogP contribution in [0.15, 0.2) is 24.3 Å². The summed E-state index contributed by atoms with van der Waals surface area (Å²) in [6.45, 7) is 7.85. The van der Waals surface area contributed by atoms with Gasteiger partial charge in [-0.25, -0.2) is 9.97 Å². The fourth-order valence-electron chi connectivity index (χ4n) is 2.29. The van der Waals surface area contributed by atoms with Crippen LogP contribution in [0, 0.1) is 13.8 Å². The predicted molar refractivity (Wildman–Crippen MR) is 91.6 cm³/mol. The van der Waals surface area contributed by atoms with E-state index in [9.17, 15) is 4.79 Å². The molecule has 0 spiro atoms. The third kappa shape index (κ3) is 4.20. The van der Waals surface area contributed by atoms with Gasteiger partial charge in [-0.05, 0) is 44.5 Å². The average molecular weight is 334 g/mol. The number of anilines is 2. The van der Waals surface area contributed by atoms with Crippen LogP contribution in [0.4, 0.5) is 11.6 Å². The van der Waals surface area contributed by atoms with E-state index in [0.717, 1.165) is 18.7 Å². The molecule has 1 heterocycles. The number of rotatable bonds is 5. The summed E-state index contributed by atoms with van der Waals surface area (Å²) in [5.41, 5.74) is 2.24. The van der Waals surface area contributed by atoms with Crippen LogP contribution in [0.1, 0.15) is 31.7 Å². The number of aryl methyl sites for hydroxylation is 2. The minimum atomic E-state index is -0.379. The molecule has 6 heteroatoms. The second-order valence-corrected chi connectivity index (χ2v) is 5.68. The van der Waals surface area contributed by atoms with Crippen molar-refractivity contribution in [3.05, 3.63) is 40.7 Å². The van der Waals surface area contributed by atoms with Gasteiger partial charge in [0, 0.05) is 24.2 Å². The maximum atomic E-state index is 11.2. The van der Waals surface area contributed by atoms with E-state index in [1.54, 1.807) is 0 Å². The van der Waals surface area contributed by atoms with Crippen LogP contribution in [-0.4, -0.2) is 22.5 Å². The second-order valence-electron chi connectivity index (χ2n) is 5.25. The van der Waals surface area contributed by atoms with Crippen LogP contribution in [-0.2, 0) is 4.79 Å². The lowest BCUT2D eigenvalue weighted by Gasteiger charge is -2.23. The van der Waals surface area contributed by atoms with Crippen molar-refractivity contribution in [3.63, 3.8) is 0 Å². The Bertz CT molecular complexity index is 678. The van der Waals surface area contributed by atoms with E-state index in [0.29, 0.717) is 28.1 Å². The Morgan fingerprint density at radius 2 is 1.74 bits per heavy atom. The van der Waals surface area contributed by atoms with Gasteiger partial charge in [0.25, 0.3) is 0 Å². The van der Waals surface area contributed by atoms with E-state index < -0.39 is 0 Å². The minimum absolute atomic E-state index is 0.379. The fraction of sp³-hybridized carbons (Fsp3) is 0.353. The molecule has 0 saturated carbocycles. The van der Waals surface area contributed by atoms with E-state index in [-0.39, 0.29) is 5.97 Å². The zero-order valence-electron chi connectivity index (χ0n) is 13.8. The van der Waals surface area contributed by atoms with Gasteiger partial charge < -0.3 is 9.64 Å². The highest BCUT2D eigenvalue weighted by Crippen LogP contribution is 2.28. The Labute approximate surface area is 141 Å². The van der Waals surface area contributed by atoms with Crippen molar-refractivity contribution >= 4 is 29.2 Å². The van der Waals surface area contributed by atoms with E-state index >= 15 is 0 Å². The van der Waals surface area contributed by atoms with Crippen LogP contribution in [0.3, 0.4) is 0 Å². The number of carbonyl (C=O) groups excluding carboxylic acids is 1. The Balaban J connectivity index is 2.43. The molecule has 0 aliphatic carbocycles. The standard InChI is InChI=1S/C17H20ClN3O2/c1-5-10-21(15-8-6-14(18)7-9-15)17-19-11(2)16(12(3)20-17)23-13(4)22/h6-9H,5,10H2,1-4H3. The van der Waals surface area contributed by atoms with Crippen molar-refractivity contribution in [2.45, 2.75) is 34.1 Å². The molecule has 0 aliphatic heterocycles. The molecule has 0 unspecified atom stereocenters. The van der Waals surface area contributed by atoms with Crippen LogP contribution in [0.5, 0.6) is 5.75 Å². The Kier molecular flexibility index (Phi) is 5.55. The summed E-state index contributed by atoms with van der Waals surface area (Å²) < 4.78 is 5.19. The first-order valence-corrected chi connectivity index (χ1v) is 7.87. The van der Waals surface area contributed by atoms with Gasteiger partial charge in [-0.2, -0.15) is 0 Å². The second kappa shape index (κ2) is 7.42. The summed E-state index contributed by atoms with van der Waals surface area (Å²) in [5, 5.41) is 0.684. The highest BCUT2D eigenvalue weighted by Gasteiger charge is 2.17. The monoisotopic (exact) mass is 333 g/mol. The normalized spacial score (nSPS) is 10.5. The van der Waals surface area contributed by atoms with E-state index in [4.69, 9.17) is 16.3 Å². The maximum Gasteiger partial charge on any atom is 0.308 e. The quantitative estimate of drug-likeness (QED) is 0.767. The molecule has 122 valence electrons. The van der Waals surface area contributed by atoms with Crippen molar-refractivity contribution in [1.82, 2.24) is 9.97 Å². The zero-order valence-corrected chi connectivity index (χ0v) is 14.5. The van der Waals surface area contributed by atoms with Crippen molar-refractivity contribution in [1.29, 1.82) is 0 Å². The lowest BCUT2D eigenvalue weighted by atomic mass is 10.2. The Morgan fingerprint density at radius 1 is 1.17 bits per heavy atom. The lowest BCUT2D eigenvalue weighted by molar-refractivity contribution is -0.132. The lowest BCUT2D eigenvalue weighted by Crippen LogP contribution is -2.21. The van der Waals surface area contributed by atoms with Crippen molar-refractivity contribution in [2.75, 3.05) is 11.4 Å². The molecule has 5 nitrogen and oxygen atoms in total. The van der Waals surface area contributed by atoms with Gasteiger partial charge in [0.2, 0.25) is 5.95 Å². The van der Waals surface area contributed by atoms with E-state index in [2.05, 4.69) is 16.9 Å². The van der Waals surface area contributed by atoms with Crippen LogP contribution >= 0.6 is 11.6 Å². The molecule has 0 N–H and O–H groups in total. The highest BCUT2D eigenvalue weighted by atomic mass is 35.5. The molecule has 0 radical (unpaired) electrons. The van der Waals surface area contributed by atoms with Gasteiger partial charge in [-0.15, -0.1) is 0 Å². The summed E-state index contributed by atoms with van der Waals surface area (Å²) in [5.74, 6) is 0.629. The first-order chi connectivity index (χ1) is 10.9. The van der Waals surface area contributed by atoms with E-state index in [1.807, 2.05) is 43.0 Å². The molecule has 2 aromatic rings. The van der Waals surface area contributed by atoms with E-state index in [1.165, 1.54) is 6.92 Å². The van der Waals surface area contributed by atoms with Gasteiger partial charge in [-0.3, -0.25) is 4.79 Å². The van der Waals surface area contributed by atoms with Gasteiger partial charge >= 0.3 is 5.97 Å². The molecular formula is C17H20ClN3O2. The van der Waals surface area contributed by atoms with Gasteiger partial charge in [0.1, 0.15) is 0 Å². The zero-order chi connectivity index (χ0) is 17.0. The SMILES string of the molecule is CCCN(c1ccc(Cl)cc1)c1nc(C)c(OC(C)=O)c(C)n1. The summed E-state index contributed by atoms with van der Waals surface area (Å²) in [7, 11) is 0. The molecule has 2 rings (SSSR count). The Morgan fingerprint density at radius 3 is 2.22 bits per heavy atom. The minimum Gasteiger partial charge on any atom is -0.423 e. The van der Waals surface area contributed by atoms with Crippen molar-refractivity contribution in [2.24, 2.45) is 0 Å². The number of halogens is 1. The summed E-state index contributed by atoms with van der Waals surface area (Å²) in [6.07, 6.45) is 0.940. The summed E-state index contributed by atoms with van der Waals surface area (Å²) >= 11 is 5.96. The molecule has 1 aromatic carbocycles. The fourth-order valence-corrected chi connectivity index (χ4v) is 2.42. The number of benzene rings is 1. The average Bonchev–Trinajstić information content (AvgIpc) is 2.49. The summed E-state index contributed by atoms with van der Waals surface area (Å²) in [6, 6.07) is 7.55. The smallest absolute Gasteiger partial charge is 0.308 e. The molecule has 0 aliphatic rings. The first-order valence-electron chi connectivity index (χ1n) is 7.49. The third-order valence-corrected chi connectivity index (χ3v) is 3.52. The molecule has 0 amide bonds. The van der Waals surface area contributed by atoms with Gasteiger partial charge in [0.05, 0.1) is 11.4 Å². The number of hydrogen-bond donors (Lipinski definition) is 0. The van der Waals surface area contributed by atoms with Crippen LogP contribution in [0.25, 0.3) is 0 Å². The largest absolute Gasteiger partial charge is 0.423 e. The van der Waals surface area contributed by atoms with Gasteiger partial charge in [-0.1, -0.05) is 18.5 Å². The molecule has 0 fully saturated rings. The number of carbonyl (C=O) groups is 1. The third-order valence-electron chi connectivity index (χ3n) is 3.27. The first kappa shape index (κ1) is 17.2. The topological polar surface area (TPSA) is 55.3 Å².